The van der Waals surface area contributed by atoms with Gasteiger partial charge in [-0.15, -0.1) is 0 Å². The van der Waals surface area contributed by atoms with Gasteiger partial charge in [-0.05, 0) is 36.4 Å². The molecule has 18 heavy (non-hydrogen) atoms. The molecule has 0 N–H and O–H groups in total. The molecule has 0 saturated heterocycles. The summed E-state index contributed by atoms with van der Waals surface area (Å²) < 4.78 is 13.1. The second-order valence-corrected chi connectivity index (χ2v) is 6.92. The molecule has 0 aromatic heterocycles. The van der Waals surface area contributed by atoms with E-state index in [1.54, 1.807) is 14.2 Å². The topological polar surface area (TPSA) is 18.5 Å². The van der Waals surface area contributed by atoms with Gasteiger partial charge in [0.1, 0.15) is 5.75 Å². The minimum Gasteiger partial charge on any atom is -0.497 e. The van der Waals surface area contributed by atoms with Crippen molar-refractivity contribution in [3.63, 3.8) is 0 Å². The first kappa shape index (κ1) is 13.5. The van der Waals surface area contributed by atoms with Crippen LogP contribution in [-0.2, 0) is 0 Å². The lowest BCUT2D eigenvalue weighted by molar-refractivity contribution is -0.598. The van der Waals surface area contributed by atoms with Crippen LogP contribution < -0.4 is 30.7 Å². The predicted octanol–water partition coefficient (Wildman–Crippen LogP) is 0.486. The molecule has 0 saturated carbocycles. The Bertz CT molecular complexity index is 526. The monoisotopic (exact) mass is 375 g/mol. The van der Waals surface area contributed by atoms with Crippen molar-refractivity contribution in [2.45, 2.75) is 0 Å². The molecule has 0 spiro atoms. The van der Waals surface area contributed by atoms with Crippen LogP contribution in [0.3, 0.4) is 0 Å². The number of ether oxygens (including phenoxy) is 2. The van der Waals surface area contributed by atoms with Gasteiger partial charge in [0.05, 0.1) is 14.2 Å². The van der Waals surface area contributed by atoms with Crippen LogP contribution in [0.4, 0.5) is 0 Å². The smallest absolute Gasteiger partial charge is 0.362 e. The molecule has 0 bridgehead atoms. The van der Waals surface area contributed by atoms with Crippen molar-refractivity contribution in [1.82, 2.24) is 0 Å². The van der Waals surface area contributed by atoms with Crippen molar-refractivity contribution in [2.24, 2.45) is 0 Å². The van der Waals surface area contributed by atoms with Crippen LogP contribution in [0.5, 0.6) is 11.5 Å². The highest BCUT2D eigenvalue weighted by Gasteiger charge is 2.21. The molecule has 0 aliphatic carbocycles. The van der Waals surface area contributed by atoms with Gasteiger partial charge in [0.15, 0.2) is 9.32 Å². The molecule has 0 amide bonds. The summed E-state index contributed by atoms with van der Waals surface area (Å²) in [5.74, 6) is 1.70. The highest BCUT2D eigenvalue weighted by atomic mass is 127. The summed E-state index contributed by atoms with van der Waals surface area (Å²) in [6.45, 7) is 0. The highest BCUT2D eigenvalue weighted by molar-refractivity contribution is 6.30. The Balaban J connectivity index is 2.25. The normalized spacial score (nSPS) is 10.2. The average Bonchev–Trinajstić information content (AvgIpc) is 2.41. The average molecular weight is 376 g/mol. The van der Waals surface area contributed by atoms with Crippen LogP contribution >= 0.6 is 11.6 Å². The lowest BCUT2D eigenvalue weighted by Crippen LogP contribution is -3.61. The second kappa shape index (κ2) is 6.29. The predicted molar refractivity (Wildman–Crippen MR) is 68.4 cm³/mol. The minimum atomic E-state index is -0.269. The highest BCUT2D eigenvalue weighted by Crippen LogP contribution is 2.18. The van der Waals surface area contributed by atoms with Gasteiger partial charge >= 0.3 is 21.2 Å². The molecule has 0 fully saturated rings. The Morgan fingerprint density at radius 2 is 1.67 bits per heavy atom. The van der Waals surface area contributed by atoms with Gasteiger partial charge < -0.3 is 9.47 Å². The summed E-state index contributed by atoms with van der Waals surface area (Å²) >= 11 is 5.61. The van der Waals surface area contributed by atoms with Crippen molar-refractivity contribution in [3.05, 3.63) is 54.6 Å². The Morgan fingerprint density at radius 3 is 2.28 bits per heavy atom. The molecule has 0 heterocycles. The third kappa shape index (κ3) is 3.29. The number of halogens is 2. The maximum absolute atomic E-state index is 5.88. The lowest BCUT2D eigenvalue weighted by atomic mass is 10.3. The summed E-state index contributed by atoms with van der Waals surface area (Å²) in [5.41, 5.74) is 0. The molecular weight excluding hydrogens is 363 g/mol. The van der Waals surface area contributed by atoms with E-state index in [0.29, 0.717) is 0 Å². The first-order valence-electron chi connectivity index (χ1n) is 5.35. The van der Waals surface area contributed by atoms with Gasteiger partial charge in [0, 0.05) is 11.1 Å². The standard InChI is InChI=1S/C14H13ClIO2/c1-17-12-7-8-13(14(9-12)18-2)16-11-5-3-10(15)4-6-11/h3-9H,1-2H3/q+1. The van der Waals surface area contributed by atoms with Crippen LogP contribution in [-0.4, -0.2) is 14.2 Å². The number of benzene rings is 2. The zero-order chi connectivity index (χ0) is 13.0. The van der Waals surface area contributed by atoms with Crippen LogP contribution in [0.1, 0.15) is 0 Å². The Kier molecular flexibility index (Phi) is 4.72. The fourth-order valence-electron chi connectivity index (χ4n) is 1.46. The van der Waals surface area contributed by atoms with E-state index in [0.717, 1.165) is 16.5 Å². The molecule has 2 nitrogen and oxygen atoms in total. The van der Waals surface area contributed by atoms with Gasteiger partial charge in [0.25, 0.3) is 0 Å². The summed E-state index contributed by atoms with van der Waals surface area (Å²) in [7, 11) is 3.34. The molecule has 0 unspecified atom stereocenters. The molecule has 0 radical (unpaired) electrons. The molecule has 0 atom stereocenters. The summed E-state index contributed by atoms with van der Waals surface area (Å²) in [6, 6.07) is 13.9. The molecule has 2 aromatic rings. The SMILES string of the molecule is COc1ccc([I+]c2ccc(Cl)cc2)c(OC)c1. The van der Waals surface area contributed by atoms with Gasteiger partial charge in [0.2, 0.25) is 3.57 Å². The van der Waals surface area contributed by atoms with Gasteiger partial charge in [-0.1, -0.05) is 11.6 Å². The van der Waals surface area contributed by atoms with Crippen molar-refractivity contribution in [1.29, 1.82) is 0 Å². The van der Waals surface area contributed by atoms with E-state index >= 15 is 0 Å². The third-order valence-electron chi connectivity index (χ3n) is 2.37. The van der Waals surface area contributed by atoms with E-state index < -0.39 is 0 Å². The maximum atomic E-state index is 5.88. The zero-order valence-corrected chi connectivity index (χ0v) is 13.0. The zero-order valence-electron chi connectivity index (χ0n) is 10.1. The molecule has 2 rings (SSSR count). The van der Waals surface area contributed by atoms with Crippen molar-refractivity contribution < 1.29 is 30.7 Å². The van der Waals surface area contributed by atoms with E-state index in [1.165, 1.54) is 7.14 Å². The number of methoxy groups -OCH3 is 2. The number of rotatable bonds is 4. The fraction of sp³-hybridized carbons (Fsp3) is 0.143. The van der Waals surface area contributed by atoms with Crippen molar-refractivity contribution in [3.8, 4) is 11.5 Å². The van der Waals surface area contributed by atoms with Crippen LogP contribution in [0, 0.1) is 7.14 Å². The van der Waals surface area contributed by atoms with Crippen LogP contribution in [0.15, 0.2) is 42.5 Å². The number of hydrogen-bond donors (Lipinski definition) is 0. The van der Waals surface area contributed by atoms with Gasteiger partial charge in [-0.3, -0.25) is 0 Å². The first-order valence-corrected chi connectivity index (χ1v) is 7.89. The molecule has 2 aromatic carbocycles. The third-order valence-corrected chi connectivity index (χ3v) is 5.44. The molecular formula is C14H13ClIO2+. The lowest BCUT2D eigenvalue weighted by Gasteiger charge is -2.03. The largest absolute Gasteiger partial charge is 0.497 e. The minimum absolute atomic E-state index is 0.269. The summed E-state index contributed by atoms with van der Waals surface area (Å²) in [4.78, 5) is 0. The summed E-state index contributed by atoms with van der Waals surface area (Å²) in [5, 5.41) is 0.768. The number of hydrogen-bond acceptors (Lipinski definition) is 2. The van der Waals surface area contributed by atoms with E-state index in [4.69, 9.17) is 21.1 Å². The Labute approximate surface area is 122 Å². The Morgan fingerprint density at radius 1 is 0.944 bits per heavy atom. The van der Waals surface area contributed by atoms with E-state index in [9.17, 15) is 0 Å². The van der Waals surface area contributed by atoms with Gasteiger partial charge in [-0.2, -0.15) is 0 Å². The van der Waals surface area contributed by atoms with Crippen molar-refractivity contribution in [2.75, 3.05) is 14.2 Å². The van der Waals surface area contributed by atoms with E-state index in [1.807, 2.05) is 24.3 Å². The quantitative estimate of drug-likeness (QED) is 0.724. The van der Waals surface area contributed by atoms with Gasteiger partial charge in [-0.25, -0.2) is 0 Å². The first-order chi connectivity index (χ1) is 8.72. The van der Waals surface area contributed by atoms with E-state index in [-0.39, 0.29) is 21.2 Å². The molecule has 94 valence electrons. The second-order valence-electron chi connectivity index (χ2n) is 3.53. The maximum Gasteiger partial charge on any atom is 0.362 e. The van der Waals surface area contributed by atoms with Crippen LogP contribution in [0.2, 0.25) is 5.02 Å². The summed E-state index contributed by atoms with van der Waals surface area (Å²) in [6.07, 6.45) is 0. The van der Waals surface area contributed by atoms with Crippen molar-refractivity contribution >= 4 is 11.6 Å². The Hall–Kier alpha value is -0.940. The molecule has 4 heteroatoms. The van der Waals surface area contributed by atoms with Crippen LogP contribution in [0.25, 0.3) is 0 Å². The fourth-order valence-corrected chi connectivity index (χ4v) is 3.97. The van der Waals surface area contributed by atoms with E-state index in [2.05, 4.69) is 18.2 Å². The molecule has 0 aliphatic rings. The molecule has 0 aliphatic heterocycles.